The van der Waals surface area contributed by atoms with Gasteiger partial charge < -0.3 is 0 Å². The Morgan fingerprint density at radius 2 is 0.736 bits per heavy atom. The quantitative estimate of drug-likeness (QED) is 0.129. The van der Waals surface area contributed by atoms with Gasteiger partial charge in [-0.05, 0) is 132 Å². The van der Waals surface area contributed by atoms with E-state index in [2.05, 4.69) is 0 Å². The zero-order valence-electron chi connectivity index (χ0n) is 28.7. The molecule has 1 aliphatic carbocycles. The van der Waals surface area contributed by atoms with Gasteiger partial charge in [0.1, 0.15) is 0 Å². The van der Waals surface area contributed by atoms with Crippen molar-refractivity contribution in [2.24, 2.45) is 0 Å². The first kappa shape index (κ1) is 41.1. The van der Waals surface area contributed by atoms with Crippen LogP contribution in [0.1, 0.15) is 51.4 Å². The highest BCUT2D eigenvalue weighted by Crippen LogP contribution is 2.62. The van der Waals surface area contributed by atoms with Crippen LogP contribution in [0, 0.1) is 58.5 Å². The van der Waals surface area contributed by atoms with Crippen LogP contribution in [0.25, 0.3) is 0 Å². The first-order valence-electron chi connectivity index (χ1n) is 15.9. The van der Waals surface area contributed by atoms with E-state index in [0.717, 1.165) is 32.9 Å². The molecule has 0 N–H and O–H groups in total. The fraction of sp³-hybridized carbons (Fsp3) is 0.256. The molecule has 0 amide bonds. The molecule has 0 unspecified atom stereocenters. The average Bonchev–Trinajstić information content (AvgIpc) is 3.48. The second kappa shape index (κ2) is 14.9. The molecule has 4 aromatic carbocycles. The summed E-state index contributed by atoms with van der Waals surface area (Å²) in [5.74, 6) is 0.373. The van der Waals surface area contributed by atoms with E-state index in [1.54, 1.807) is 13.3 Å². The lowest BCUT2D eigenvalue weighted by Gasteiger charge is -2.37. The summed E-state index contributed by atoms with van der Waals surface area (Å²) in [6.07, 6.45) is -16.9. The molecule has 5 rings (SSSR count). The first-order valence-corrected chi connectivity index (χ1v) is 18.7. The Morgan fingerprint density at radius 3 is 1.04 bits per heavy atom. The molecule has 0 spiro atoms. The number of benzene rings is 4. The molecule has 1 atom stereocenters. The van der Waals surface area contributed by atoms with Crippen molar-refractivity contribution in [1.29, 1.82) is 0 Å². The van der Waals surface area contributed by atoms with Crippen molar-refractivity contribution < 1.29 is 52.7 Å². The molecule has 1 aliphatic rings. The van der Waals surface area contributed by atoms with E-state index in [1.807, 2.05) is 64.1 Å². The summed E-state index contributed by atoms with van der Waals surface area (Å²) in [6, 6.07) is 13.0. The highest BCUT2D eigenvalue weighted by atomic mass is 31.1. The zero-order chi connectivity index (χ0) is 39.4. The minimum absolute atomic E-state index is 0.0358. The van der Waals surface area contributed by atoms with E-state index in [-0.39, 0.29) is 17.8 Å². The number of aryl methyl sites for hydroxylation is 4. The molecule has 1 saturated carbocycles. The molecule has 0 heterocycles. The van der Waals surface area contributed by atoms with Crippen LogP contribution in [0.4, 0.5) is 52.7 Å². The Balaban J connectivity index is 1.80. The minimum Gasteiger partial charge on any atom is -0.166 e. The molecule has 53 heavy (non-hydrogen) atoms. The minimum atomic E-state index is -5.33. The largest absolute Gasteiger partial charge is 0.416 e. The third-order valence-electron chi connectivity index (χ3n) is 8.53. The number of hydrogen-bond donors (Lipinski definition) is 0. The summed E-state index contributed by atoms with van der Waals surface area (Å²) in [6.45, 7) is 9.36. The molecule has 0 bridgehead atoms. The third-order valence-corrected chi connectivity index (χ3v) is 13.7. The standard InChI is InChI=1S/C39H31F12P2/c1-21-9-22(2)12-30(11-21)52(31-13-23(3)10-24(4)14-31)25(5)34-7-6-8-35(34)53(32-17-26(36(40,41)42)15-27(18-32)37(43,44)45)33-19-28(38(46,47)48)16-29(20-33)39(49,50)51/h6-20,25H,1-5H3/t25-/m1/s1. The predicted molar refractivity (Wildman–Crippen MR) is 186 cm³/mol. The topological polar surface area (TPSA) is 0 Å². The molecule has 4 aromatic rings. The lowest BCUT2D eigenvalue weighted by atomic mass is 10.0. The van der Waals surface area contributed by atoms with Gasteiger partial charge in [-0.3, -0.25) is 0 Å². The monoisotopic (exact) mass is 789 g/mol. The third kappa shape index (κ3) is 9.41. The SMILES string of the molecule is Cc1cc(C)cc(P(c2cc(C)cc(C)c2)[C@H](C)[C]2[CH][CH][CH][C]2P(c2cc(C(F)(F)F)cc(C(F)(F)F)c2)c2cc(C(F)(F)F)cc(C(F)(F)F)c2)c1. The molecule has 281 valence electrons. The van der Waals surface area contributed by atoms with Gasteiger partial charge in [0.2, 0.25) is 0 Å². The fourth-order valence-corrected chi connectivity index (χ4v) is 12.3. The summed E-state index contributed by atoms with van der Waals surface area (Å²) >= 11 is 0. The Morgan fingerprint density at radius 1 is 0.415 bits per heavy atom. The van der Waals surface area contributed by atoms with E-state index in [4.69, 9.17) is 0 Å². The lowest BCUT2D eigenvalue weighted by Crippen LogP contribution is -2.30. The van der Waals surface area contributed by atoms with Crippen molar-refractivity contribution in [1.82, 2.24) is 0 Å². The van der Waals surface area contributed by atoms with Crippen LogP contribution in [0.15, 0.2) is 72.8 Å². The van der Waals surface area contributed by atoms with Crippen LogP contribution in [0.2, 0.25) is 0 Å². The molecule has 0 nitrogen and oxygen atoms in total. The van der Waals surface area contributed by atoms with E-state index in [9.17, 15) is 52.7 Å². The summed E-state index contributed by atoms with van der Waals surface area (Å²) in [4.78, 5) is 0. The molecule has 0 aromatic heterocycles. The van der Waals surface area contributed by atoms with E-state index < -0.39 is 79.1 Å². The van der Waals surface area contributed by atoms with Crippen LogP contribution in [0.3, 0.4) is 0 Å². The van der Waals surface area contributed by atoms with Crippen molar-refractivity contribution in [3.8, 4) is 0 Å². The number of hydrogen-bond acceptors (Lipinski definition) is 0. The molecular formula is C39H31F12P2. The Bertz CT molecular complexity index is 1720. The van der Waals surface area contributed by atoms with E-state index in [0.29, 0.717) is 30.2 Å². The van der Waals surface area contributed by atoms with Gasteiger partial charge in [-0.1, -0.05) is 65.6 Å². The first-order chi connectivity index (χ1) is 24.3. The van der Waals surface area contributed by atoms with Crippen LogP contribution < -0.4 is 21.2 Å². The van der Waals surface area contributed by atoms with E-state index >= 15 is 0 Å². The lowest BCUT2D eigenvalue weighted by molar-refractivity contribution is -0.144. The van der Waals surface area contributed by atoms with Crippen molar-refractivity contribution in [2.45, 2.75) is 65.0 Å². The maximum Gasteiger partial charge on any atom is 0.416 e. The predicted octanol–water partition coefficient (Wildman–Crippen LogP) is 11.7. The Hall–Kier alpha value is -3.10. The highest BCUT2D eigenvalue weighted by molar-refractivity contribution is 7.76. The Labute approximate surface area is 302 Å². The smallest absolute Gasteiger partial charge is 0.166 e. The summed E-state index contributed by atoms with van der Waals surface area (Å²) < 4.78 is 170. The number of rotatable bonds is 7. The highest BCUT2D eigenvalue weighted by Gasteiger charge is 2.46. The van der Waals surface area contributed by atoms with Gasteiger partial charge in [0.05, 0.1) is 22.3 Å². The van der Waals surface area contributed by atoms with Crippen LogP contribution in [0.5, 0.6) is 0 Å². The van der Waals surface area contributed by atoms with Gasteiger partial charge in [0.25, 0.3) is 0 Å². The molecule has 14 heteroatoms. The molecule has 0 aliphatic heterocycles. The van der Waals surface area contributed by atoms with Crippen molar-refractivity contribution >= 4 is 37.1 Å². The second-order valence-corrected chi connectivity index (χ2v) is 17.7. The maximum absolute atomic E-state index is 14.1. The van der Waals surface area contributed by atoms with Gasteiger partial charge in [0, 0.05) is 5.66 Å². The molecule has 1 fully saturated rings. The van der Waals surface area contributed by atoms with Crippen molar-refractivity contribution in [2.75, 3.05) is 0 Å². The maximum atomic E-state index is 14.1. The van der Waals surface area contributed by atoms with E-state index in [1.165, 1.54) is 12.8 Å². The van der Waals surface area contributed by atoms with Gasteiger partial charge in [-0.25, -0.2) is 0 Å². The number of halogens is 12. The fourth-order valence-electron chi connectivity index (χ4n) is 6.46. The van der Waals surface area contributed by atoms with Gasteiger partial charge in [-0.2, -0.15) is 52.7 Å². The van der Waals surface area contributed by atoms with Gasteiger partial charge in [-0.15, -0.1) is 0 Å². The summed E-state index contributed by atoms with van der Waals surface area (Å²) in [5.41, 5.74) is -3.83. The average molecular weight is 790 g/mol. The van der Waals surface area contributed by atoms with Crippen molar-refractivity contribution in [3.63, 3.8) is 0 Å². The van der Waals surface area contributed by atoms with Crippen LogP contribution in [-0.4, -0.2) is 5.66 Å². The van der Waals surface area contributed by atoms with Gasteiger partial charge >= 0.3 is 24.7 Å². The summed E-state index contributed by atoms with van der Waals surface area (Å²) in [7, 11) is -4.31. The molecule has 0 saturated heterocycles. The molecule has 5 radical (unpaired) electrons. The van der Waals surface area contributed by atoms with Crippen LogP contribution in [-0.2, 0) is 24.7 Å². The van der Waals surface area contributed by atoms with Crippen LogP contribution >= 0.6 is 15.8 Å². The zero-order valence-corrected chi connectivity index (χ0v) is 30.5. The van der Waals surface area contributed by atoms with Gasteiger partial charge in [0.15, 0.2) is 0 Å². The Kier molecular flexibility index (Phi) is 11.5. The second-order valence-electron chi connectivity index (χ2n) is 13.0. The normalized spacial score (nSPS) is 15.9. The molecular weight excluding hydrogens is 758 g/mol. The van der Waals surface area contributed by atoms with Crippen molar-refractivity contribution in [3.05, 3.63) is 148 Å². The number of alkyl halides is 12. The summed E-state index contributed by atoms with van der Waals surface area (Å²) in [5, 5.41) is 0.333.